The molecule has 0 N–H and O–H groups in total. The zero-order valence-corrected chi connectivity index (χ0v) is 15.6. The predicted octanol–water partition coefficient (Wildman–Crippen LogP) is 3.66. The first-order chi connectivity index (χ1) is 12.6. The molecule has 0 bridgehead atoms. The molecule has 1 fully saturated rings. The Bertz CT molecular complexity index is 872. The molecule has 1 aliphatic heterocycles. The van der Waals surface area contributed by atoms with Crippen LogP contribution < -0.4 is 9.64 Å². The monoisotopic (exact) mass is 394 g/mol. The van der Waals surface area contributed by atoms with Crippen molar-refractivity contribution in [2.24, 2.45) is 0 Å². The summed E-state index contributed by atoms with van der Waals surface area (Å²) < 4.78 is 24.8. The molecule has 3 rings (SSSR count). The van der Waals surface area contributed by atoms with E-state index in [1.54, 1.807) is 0 Å². The number of carbonyl (C=O) groups excluding carboxylic acids is 1. The molecule has 1 aliphatic rings. The SMILES string of the molecule is COc1cc(Cc2c(C=O)sc(N3CCOCC3)c2C#N)c(F)cc1Cl. The molecule has 8 heteroatoms. The van der Waals surface area contributed by atoms with Crippen molar-refractivity contribution in [1.82, 2.24) is 0 Å². The molecule has 1 aromatic carbocycles. The van der Waals surface area contributed by atoms with Crippen LogP contribution in [0.3, 0.4) is 0 Å². The molecule has 0 spiro atoms. The Labute approximate surface area is 159 Å². The lowest BCUT2D eigenvalue weighted by Crippen LogP contribution is -2.36. The Kier molecular flexibility index (Phi) is 5.77. The molecule has 0 aliphatic carbocycles. The van der Waals surface area contributed by atoms with Gasteiger partial charge in [0.15, 0.2) is 6.29 Å². The van der Waals surface area contributed by atoms with Crippen LogP contribution >= 0.6 is 22.9 Å². The Hall–Kier alpha value is -2.14. The van der Waals surface area contributed by atoms with Crippen molar-refractivity contribution in [3.05, 3.63) is 44.5 Å². The quantitative estimate of drug-likeness (QED) is 0.724. The standard InChI is InChI=1S/C18H16ClFN2O3S/c1-24-16-7-11(15(20)8-14(16)19)6-12-13(9-21)18(26-17(12)10-23)22-2-4-25-5-3-22/h7-8,10H,2-6H2,1H3. The van der Waals surface area contributed by atoms with Gasteiger partial charge in [0.1, 0.15) is 22.6 Å². The third-order valence-electron chi connectivity index (χ3n) is 4.22. The number of carbonyl (C=O) groups is 1. The first-order valence-corrected chi connectivity index (χ1v) is 9.14. The number of rotatable bonds is 5. The third-order valence-corrected chi connectivity index (χ3v) is 5.74. The van der Waals surface area contributed by atoms with Gasteiger partial charge in [-0.2, -0.15) is 5.26 Å². The van der Waals surface area contributed by atoms with E-state index in [1.807, 2.05) is 4.90 Å². The van der Waals surface area contributed by atoms with Crippen LogP contribution in [0.1, 0.15) is 26.4 Å². The lowest BCUT2D eigenvalue weighted by Gasteiger charge is -2.27. The van der Waals surface area contributed by atoms with E-state index < -0.39 is 5.82 Å². The number of nitrogens with zero attached hydrogens (tertiary/aromatic N) is 2. The van der Waals surface area contributed by atoms with Gasteiger partial charge < -0.3 is 14.4 Å². The summed E-state index contributed by atoms with van der Waals surface area (Å²) in [7, 11) is 1.45. The molecule has 2 aromatic rings. The lowest BCUT2D eigenvalue weighted by molar-refractivity contribution is 0.112. The van der Waals surface area contributed by atoms with Crippen LogP contribution in [0.15, 0.2) is 12.1 Å². The Balaban J connectivity index is 2.03. The van der Waals surface area contributed by atoms with Gasteiger partial charge in [0, 0.05) is 19.5 Å². The van der Waals surface area contributed by atoms with Gasteiger partial charge >= 0.3 is 0 Å². The lowest BCUT2D eigenvalue weighted by atomic mass is 10.0. The normalized spacial score (nSPS) is 14.2. The van der Waals surface area contributed by atoms with Crippen LogP contribution in [0, 0.1) is 17.1 Å². The number of morpholine rings is 1. The second-order valence-electron chi connectivity index (χ2n) is 5.71. The number of benzene rings is 1. The number of nitriles is 1. The average molecular weight is 395 g/mol. The van der Waals surface area contributed by atoms with Gasteiger partial charge in [0.2, 0.25) is 0 Å². The third kappa shape index (κ3) is 3.54. The van der Waals surface area contributed by atoms with Gasteiger partial charge in [-0.1, -0.05) is 11.6 Å². The van der Waals surface area contributed by atoms with Crippen LogP contribution in [0.2, 0.25) is 5.02 Å². The molecule has 2 heterocycles. The molecule has 0 atom stereocenters. The number of hydrogen-bond acceptors (Lipinski definition) is 6. The highest BCUT2D eigenvalue weighted by molar-refractivity contribution is 7.18. The van der Waals surface area contributed by atoms with Crippen LogP contribution in [-0.4, -0.2) is 39.7 Å². The number of methoxy groups -OCH3 is 1. The largest absolute Gasteiger partial charge is 0.495 e. The van der Waals surface area contributed by atoms with E-state index in [-0.39, 0.29) is 11.4 Å². The second kappa shape index (κ2) is 8.04. The molecule has 136 valence electrons. The van der Waals surface area contributed by atoms with Gasteiger partial charge in [-0.05, 0) is 23.3 Å². The number of anilines is 1. The van der Waals surface area contributed by atoms with Crippen molar-refractivity contribution in [2.45, 2.75) is 6.42 Å². The highest BCUT2D eigenvalue weighted by atomic mass is 35.5. The summed E-state index contributed by atoms with van der Waals surface area (Å²) in [6, 6.07) is 4.86. The first kappa shape index (κ1) is 18.6. The second-order valence-corrected chi connectivity index (χ2v) is 7.15. The van der Waals surface area contributed by atoms with Crippen molar-refractivity contribution in [2.75, 3.05) is 38.3 Å². The zero-order chi connectivity index (χ0) is 18.7. The van der Waals surface area contributed by atoms with Gasteiger partial charge in [-0.25, -0.2) is 4.39 Å². The molecular formula is C18H16ClFN2O3S. The van der Waals surface area contributed by atoms with E-state index in [1.165, 1.54) is 30.6 Å². The van der Waals surface area contributed by atoms with Gasteiger partial charge in [0.25, 0.3) is 0 Å². The van der Waals surface area contributed by atoms with E-state index in [0.29, 0.717) is 53.6 Å². The maximum absolute atomic E-state index is 14.4. The van der Waals surface area contributed by atoms with Crippen molar-refractivity contribution in [1.29, 1.82) is 5.26 Å². The smallest absolute Gasteiger partial charge is 0.160 e. The fourth-order valence-electron chi connectivity index (χ4n) is 2.90. The highest BCUT2D eigenvalue weighted by Gasteiger charge is 2.24. The Morgan fingerprint density at radius 1 is 1.46 bits per heavy atom. The van der Waals surface area contributed by atoms with E-state index in [2.05, 4.69) is 6.07 Å². The summed E-state index contributed by atoms with van der Waals surface area (Å²) in [5.74, 6) is -0.159. The number of ether oxygens (including phenoxy) is 2. The molecule has 0 unspecified atom stereocenters. The summed E-state index contributed by atoms with van der Waals surface area (Å²) in [4.78, 5) is 14.0. The number of halogens is 2. The van der Waals surface area contributed by atoms with Crippen molar-refractivity contribution in [3.63, 3.8) is 0 Å². The van der Waals surface area contributed by atoms with E-state index in [4.69, 9.17) is 21.1 Å². The van der Waals surface area contributed by atoms with Gasteiger partial charge in [-0.15, -0.1) is 11.3 Å². The van der Waals surface area contributed by atoms with Crippen molar-refractivity contribution in [3.8, 4) is 11.8 Å². The molecule has 5 nitrogen and oxygen atoms in total. The summed E-state index contributed by atoms with van der Waals surface area (Å²) >= 11 is 7.19. The van der Waals surface area contributed by atoms with Crippen LogP contribution in [0.4, 0.5) is 9.39 Å². The maximum Gasteiger partial charge on any atom is 0.160 e. The fraction of sp³-hybridized carbons (Fsp3) is 0.333. The van der Waals surface area contributed by atoms with Crippen molar-refractivity contribution >= 4 is 34.2 Å². The number of aldehydes is 1. The predicted molar refractivity (Wildman–Crippen MR) is 98.2 cm³/mol. The Morgan fingerprint density at radius 2 is 2.19 bits per heavy atom. The molecular weight excluding hydrogens is 379 g/mol. The molecule has 0 saturated carbocycles. The summed E-state index contributed by atoms with van der Waals surface area (Å²) in [5.41, 5.74) is 1.25. The van der Waals surface area contributed by atoms with Gasteiger partial charge in [-0.3, -0.25) is 4.79 Å². The molecule has 1 saturated heterocycles. The molecule has 0 amide bonds. The minimum atomic E-state index is -0.504. The van der Waals surface area contributed by atoms with Crippen LogP contribution in [0.25, 0.3) is 0 Å². The summed E-state index contributed by atoms with van der Waals surface area (Å²) in [6.45, 7) is 2.43. The highest BCUT2D eigenvalue weighted by Crippen LogP contribution is 2.38. The number of hydrogen-bond donors (Lipinski definition) is 0. The molecule has 26 heavy (non-hydrogen) atoms. The fourth-order valence-corrected chi connectivity index (χ4v) is 4.26. The molecule has 0 radical (unpaired) electrons. The van der Waals surface area contributed by atoms with Crippen molar-refractivity contribution < 1.29 is 18.7 Å². The zero-order valence-electron chi connectivity index (χ0n) is 14.1. The molecule has 1 aromatic heterocycles. The average Bonchev–Trinajstić information content (AvgIpc) is 3.02. The summed E-state index contributed by atoms with van der Waals surface area (Å²) in [6.07, 6.45) is 0.826. The van der Waals surface area contributed by atoms with E-state index in [0.717, 1.165) is 11.3 Å². The summed E-state index contributed by atoms with van der Waals surface area (Å²) in [5, 5.41) is 10.6. The minimum Gasteiger partial charge on any atom is -0.495 e. The topological polar surface area (TPSA) is 62.6 Å². The van der Waals surface area contributed by atoms with E-state index >= 15 is 0 Å². The van der Waals surface area contributed by atoms with Crippen LogP contribution in [-0.2, 0) is 11.2 Å². The van der Waals surface area contributed by atoms with Gasteiger partial charge in [0.05, 0.1) is 35.8 Å². The van der Waals surface area contributed by atoms with Crippen LogP contribution in [0.5, 0.6) is 5.75 Å². The number of thiophene rings is 1. The Morgan fingerprint density at radius 3 is 2.81 bits per heavy atom. The minimum absolute atomic E-state index is 0.108. The maximum atomic E-state index is 14.4. The first-order valence-electron chi connectivity index (χ1n) is 7.94. The van der Waals surface area contributed by atoms with E-state index in [9.17, 15) is 14.4 Å².